The Balaban J connectivity index is 2.35. The van der Waals surface area contributed by atoms with Gasteiger partial charge in [-0.1, -0.05) is 23.7 Å². The maximum atomic E-state index is 12.0. The number of aromatic amines is 1. The van der Waals surface area contributed by atoms with Crippen molar-refractivity contribution in [1.29, 1.82) is 0 Å². The molecule has 0 aliphatic heterocycles. The van der Waals surface area contributed by atoms with E-state index in [1.54, 1.807) is 25.1 Å². The molecule has 7 heteroatoms. The number of nitrogens with one attached hydrogen (secondary N) is 1. The number of hydrogen-bond acceptors (Lipinski definition) is 3. The lowest BCUT2D eigenvalue weighted by molar-refractivity contribution is -0.137. The molecule has 1 aromatic heterocycles. The molecule has 0 radical (unpaired) electrons. The second kappa shape index (κ2) is 6.14. The fraction of sp³-hybridized carbons (Fsp3) is 0.111. The van der Waals surface area contributed by atoms with Crippen LogP contribution in [0.25, 0.3) is 10.9 Å². The molecular weight excluding hydrogens is 346 g/mol. The first kappa shape index (κ1) is 16.9. The number of carboxylic acid groups (broad SMARTS) is 2. The van der Waals surface area contributed by atoms with Crippen LogP contribution in [0, 0.1) is 6.92 Å². The number of carboxylic acids is 2. The molecule has 6 nitrogen and oxygen atoms in total. The predicted molar refractivity (Wildman–Crippen MR) is 92.6 cm³/mol. The van der Waals surface area contributed by atoms with Crippen molar-refractivity contribution < 1.29 is 24.9 Å². The molecule has 0 aliphatic carbocycles. The summed E-state index contributed by atoms with van der Waals surface area (Å²) in [6.45, 7) is 1.62. The van der Waals surface area contributed by atoms with Gasteiger partial charge in [0.2, 0.25) is 0 Å². The smallest absolute Gasteiger partial charge is 0.338 e. The SMILES string of the molecule is Cc1[nH]c2cccc(C(C(=O)O)c3cc(O)cc(Cl)c3)c2c1C(=O)O. The Kier molecular flexibility index (Phi) is 4.14. The normalized spacial score (nSPS) is 12.2. The second-order valence-corrected chi connectivity index (χ2v) is 6.15. The summed E-state index contributed by atoms with van der Waals surface area (Å²) < 4.78 is 0. The number of aromatic carboxylic acids is 1. The standard InChI is InChI=1S/C18H14ClNO5/c1-8-14(17(22)23)16-12(3-2-4-13(16)20-8)15(18(24)25)9-5-10(19)7-11(21)6-9/h2-7,15,20-21H,1H3,(H,22,23)(H,24,25). The number of aromatic hydroxyl groups is 1. The molecule has 128 valence electrons. The zero-order valence-electron chi connectivity index (χ0n) is 13.1. The number of fused-ring (bicyclic) bond motifs is 1. The molecular formula is C18H14ClNO5. The van der Waals surface area contributed by atoms with E-state index in [-0.39, 0.29) is 21.9 Å². The number of hydrogen-bond donors (Lipinski definition) is 4. The number of phenolic OH excluding ortho intramolecular Hbond substituents is 1. The minimum Gasteiger partial charge on any atom is -0.508 e. The van der Waals surface area contributed by atoms with E-state index in [9.17, 15) is 24.9 Å². The maximum Gasteiger partial charge on any atom is 0.338 e. The monoisotopic (exact) mass is 359 g/mol. The maximum absolute atomic E-state index is 12.0. The summed E-state index contributed by atoms with van der Waals surface area (Å²) in [6.07, 6.45) is 0. The molecule has 0 spiro atoms. The lowest BCUT2D eigenvalue weighted by atomic mass is 9.88. The number of halogens is 1. The van der Waals surface area contributed by atoms with Crippen LogP contribution in [0.4, 0.5) is 0 Å². The number of rotatable bonds is 4. The third-order valence-electron chi connectivity index (χ3n) is 4.05. The molecule has 0 aliphatic rings. The van der Waals surface area contributed by atoms with Gasteiger partial charge in [-0.25, -0.2) is 4.79 Å². The molecule has 0 saturated heterocycles. The van der Waals surface area contributed by atoms with Crippen molar-refractivity contribution in [2.24, 2.45) is 0 Å². The first-order chi connectivity index (χ1) is 11.8. The Morgan fingerprint density at radius 2 is 1.88 bits per heavy atom. The summed E-state index contributed by atoms with van der Waals surface area (Å²) in [7, 11) is 0. The lowest BCUT2D eigenvalue weighted by Crippen LogP contribution is -2.14. The molecule has 3 rings (SSSR count). The first-order valence-electron chi connectivity index (χ1n) is 7.36. The van der Waals surface area contributed by atoms with Crippen LogP contribution >= 0.6 is 11.6 Å². The van der Waals surface area contributed by atoms with E-state index < -0.39 is 17.9 Å². The zero-order chi connectivity index (χ0) is 18.3. The van der Waals surface area contributed by atoms with Gasteiger partial charge in [-0.05, 0) is 42.3 Å². The lowest BCUT2D eigenvalue weighted by Gasteiger charge is -2.16. The molecule has 1 unspecified atom stereocenters. The van der Waals surface area contributed by atoms with Crippen LogP contribution in [0.3, 0.4) is 0 Å². The van der Waals surface area contributed by atoms with Crippen molar-refractivity contribution in [3.05, 3.63) is 63.8 Å². The van der Waals surface area contributed by atoms with E-state index in [4.69, 9.17) is 11.6 Å². The second-order valence-electron chi connectivity index (χ2n) is 5.71. The molecule has 0 amide bonds. The molecule has 1 atom stereocenters. The quantitative estimate of drug-likeness (QED) is 0.567. The predicted octanol–water partition coefficient (Wildman–Crippen LogP) is 3.75. The average Bonchev–Trinajstić information content (AvgIpc) is 2.82. The summed E-state index contributed by atoms with van der Waals surface area (Å²) in [4.78, 5) is 26.6. The fourth-order valence-electron chi connectivity index (χ4n) is 3.13. The van der Waals surface area contributed by atoms with E-state index in [1.165, 1.54) is 18.2 Å². The summed E-state index contributed by atoms with van der Waals surface area (Å²) in [5.41, 5.74) is 1.58. The van der Waals surface area contributed by atoms with Crippen molar-refractivity contribution in [2.45, 2.75) is 12.8 Å². The Morgan fingerprint density at radius 3 is 2.48 bits per heavy atom. The average molecular weight is 360 g/mol. The topological polar surface area (TPSA) is 111 Å². The summed E-state index contributed by atoms with van der Waals surface area (Å²) >= 11 is 5.94. The minimum atomic E-state index is -1.18. The number of aromatic nitrogens is 1. The molecule has 0 saturated carbocycles. The van der Waals surface area contributed by atoms with Gasteiger partial charge in [0.1, 0.15) is 11.7 Å². The summed E-state index contributed by atoms with van der Waals surface area (Å²) in [5, 5.41) is 29.6. The van der Waals surface area contributed by atoms with Crippen LogP contribution in [-0.4, -0.2) is 32.2 Å². The number of benzene rings is 2. The molecule has 0 bridgehead atoms. The van der Waals surface area contributed by atoms with Gasteiger partial charge < -0.3 is 20.3 Å². The largest absolute Gasteiger partial charge is 0.508 e. The van der Waals surface area contributed by atoms with Crippen molar-refractivity contribution in [2.75, 3.05) is 0 Å². The number of phenols is 1. The Bertz CT molecular complexity index is 988. The first-order valence-corrected chi connectivity index (χ1v) is 7.74. The minimum absolute atomic E-state index is 0.0306. The van der Waals surface area contributed by atoms with Gasteiger partial charge in [0.25, 0.3) is 0 Å². The van der Waals surface area contributed by atoms with Gasteiger partial charge >= 0.3 is 11.9 Å². The van der Waals surface area contributed by atoms with Crippen LogP contribution in [0.5, 0.6) is 5.75 Å². The van der Waals surface area contributed by atoms with Crippen LogP contribution in [-0.2, 0) is 4.79 Å². The van der Waals surface area contributed by atoms with Gasteiger partial charge in [0.05, 0.1) is 5.56 Å². The van der Waals surface area contributed by atoms with Crippen molar-refractivity contribution in [3.63, 3.8) is 0 Å². The van der Waals surface area contributed by atoms with Gasteiger partial charge in [0, 0.05) is 21.6 Å². The highest BCUT2D eigenvalue weighted by molar-refractivity contribution is 6.30. The highest BCUT2D eigenvalue weighted by Crippen LogP contribution is 2.36. The van der Waals surface area contributed by atoms with E-state index in [1.807, 2.05) is 0 Å². The van der Waals surface area contributed by atoms with E-state index in [0.717, 1.165) is 0 Å². The Labute approximate surface area is 147 Å². The van der Waals surface area contributed by atoms with Crippen LogP contribution in [0.1, 0.15) is 33.1 Å². The Hall–Kier alpha value is -2.99. The molecule has 2 aromatic carbocycles. The van der Waals surface area contributed by atoms with Crippen molar-refractivity contribution >= 4 is 34.4 Å². The Morgan fingerprint density at radius 1 is 1.16 bits per heavy atom. The van der Waals surface area contributed by atoms with Crippen LogP contribution in [0.2, 0.25) is 5.02 Å². The third kappa shape index (κ3) is 2.92. The van der Waals surface area contributed by atoms with Gasteiger partial charge in [-0.15, -0.1) is 0 Å². The molecule has 25 heavy (non-hydrogen) atoms. The number of aliphatic carboxylic acids is 1. The van der Waals surface area contributed by atoms with Gasteiger partial charge in [0.15, 0.2) is 0 Å². The fourth-order valence-corrected chi connectivity index (χ4v) is 3.37. The molecule has 1 heterocycles. The van der Waals surface area contributed by atoms with Gasteiger partial charge in [-0.2, -0.15) is 0 Å². The van der Waals surface area contributed by atoms with Gasteiger partial charge in [-0.3, -0.25) is 4.79 Å². The zero-order valence-corrected chi connectivity index (χ0v) is 13.8. The van der Waals surface area contributed by atoms with Crippen LogP contribution < -0.4 is 0 Å². The summed E-state index contributed by atoms with van der Waals surface area (Å²) in [5.74, 6) is -3.66. The van der Waals surface area contributed by atoms with Crippen molar-refractivity contribution in [1.82, 2.24) is 4.98 Å². The number of H-pyrrole nitrogens is 1. The summed E-state index contributed by atoms with van der Waals surface area (Å²) in [6, 6.07) is 8.96. The highest BCUT2D eigenvalue weighted by Gasteiger charge is 2.28. The number of aryl methyl sites for hydroxylation is 1. The van der Waals surface area contributed by atoms with E-state index >= 15 is 0 Å². The number of carbonyl (C=O) groups is 2. The molecule has 4 N–H and O–H groups in total. The van der Waals surface area contributed by atoms with Crippen LogP contribution in [0.15, 0.2) is 36.4 Å². The van der Waals surface area contributed by atoms with E-state index in [0.29, 0.717) is 22.2 Å². The highest BCUT2D eigenvalue weighted by atomic mass is 35.5. The van der Waals surface area contributed by atoms with E-state index in [2.05, 4.69) is 4.98 Å². The third-order valence-corrected chi connectivity index (χ3v) is 4.27. The van der Waals surface area contributed by atoms with Crippen molar-refractivity contribution in [3.8, 4) is 5.75 Å². The molecule has 3 aromatic rings. The molecule has 0 fully saturated rings.